The van der Waals surface area contributed by atoms with Crippen LogP contribution in [0.4, 0.5) is 5.69 Å². The zero-order chi connectivity index (χ0) is 20.0. The number of rotatable bonds is 8. The van der Waals surface area contributed by atoms with Crippen LogP contribution >= 0.6 is 31.9 Å². The summed E-state index contributed by atoms with van der Waals surface area (Å²) in [6.45, 7) is 1.59. The normalized spacial score (nSPS) is 12.7. The standard InChI is InChI=1S/C19H18Br2N2O4/c1-2-19(18(25)26,23-14-5-3-12(11-22)4-6-14)15-9-13(20)10-16(21)17(15)27-8-7-24/h3-6,9-10,23-24H,2,7-8H2,1H3,(H,25,26). The van der Waals surface area contributed by atoms with Gasteiger partial charge in [0.2, 0.25) is 0 Å². The van der Waals surface area contributed by atoms with Crippen LogP contribution in [0.3, 0.4) is 0 Å². The van der Waals surface area contributed by atoms with Crippen LogP contribution in [0.15, 0.2) is 45.3 Å². The molecule has 0 fully saturated rings. The lowest BCUT2D eigenvalue weighted by Gasteiger charge is -2.33. The zero-order valence-electron chi connectivity index (χ0n) is 14.5. The Morgan fingerprint density at radius 2 is 1.96 bits per heavy atom. The molecule has 0 amide bonds. The van der Waals surface area contributed by atoms with Crippen LogP contribution in [0, 0.1) is 11.3 Å². The number of carboxylic acids is 1. The summed E-state index contributed by atoms with van der Waals surface area (Å²) in [6, 6.07) is 12.0. The van der Waals surface area contributed by atoms with E-state index in [1.807, 2.05) is 6.07 Å². The number of aliphatic carboxylic acids is 1. The predicted molar refractivity (Wildman–Crippen MR) is 109 cm³/mol. The highest BCUT2D eigenvalue weighted by molar-refractivity contribution is 9.11. The average molecular weight is 498 g/mol. The quantitative estimate of drug-likeness (QED) is 0.503. The number of ether oxygens (including phenoxy) is 1. The van der Waals surface area contributed by atoms with Gasteiger partial charge in [0.1, 0.15) is 12.4 Å². The van der Waals surface area contributed by atoms with E-state index >= 15 is 0 Å². The van der Waals surface area contributed by atoms with Crippen molar-refractivity contribution in [1.29, 1.82) is 5.26 Å². The predicted octanol–water partition coefficient (Wildman–Crippen LogP) is 4.26. The molecule has 1 atom stereocenters. The zero-order valence-corrected chi connectivity index (χ0v) is 17.7. The van der Waals surface area contributed by atoms with E-state index in [1.54, 1.807) is 43.3 Å². The Morgan fingerprint density at radius 3 is 2.48 bits per heavy atom. The minimum Gasteiger partial charge on any atom is -0.490 e. The highest BCUT2D eigenvalue weighted by Gasteiger charge is 2.42. The summed E-state index contributed by atoms with van der Waals surface area (Å²) < 4.78 is 6.89. The molecule has 1 unspecified atom stereocenters. The minimum absolute atomic E-state index is 0.0313. The molecule has 0 aromatic heterocycles. The van der Waals surface area contributed by atoms with Gasteiger partial charge in [-0.25, -0.2) is 4.79 Å². The Hall–Kier alpha value is -2.08. The molecule has 0 bridgehead atoms. The molecule has 0 radical (unpaired) electrons. The Bertz CT molecular complexity index is 865. The number of nitrogens with one attached hydrogen (secondary N) is 1. The molecule has 2 aromatic rings. The molecule has 8 heteroatoms. The van der Waals surface area contributed by atoms with Gasteiger partial charge in [-0.1, -0.05) is 22.9 Å². The second-order valence-electron chi connectivity index (χ2n) is 5.71. The largest absolute Gasteiger partial charge is 0.490 e. The van der Waals surface area contributed by atoms with Crippen LogP contribution in [0.1, 0.15) is 24.5 Å². The summed E-state index contributed by atoms with van der Waals surface area (Å²) in [5.41, 5.74) is -0.0280. The van der Waals surface area contributed by atoms with E-state index in [0.29, 0.717) is 31.5 Å². The van der Waals surface area contributed by atoms with E-state index in [1.165, 1.54) is 0 Å². The lowest BCUT2D eigenvalue weighted by Crippen LogP contribution is -2.43. The first-order chi connectivity index (χ1) is 12.9. The van der Waals surface area contributed by atoms with Crippen molar-refractivity contribution in [3.63, 3.8) is 0 Å². The van der Waals surface area contributed by atoms with Gasteiger partial charge >= 0.3 is 5.97 Å². The number of hydrogen-bond donors (Lipinski definition) is 3. The number of hydrogen-bond acceptors (Lipinski definition) is 5. The van der Waals surface area contributed by atoms with Gasteiger partial charge in [0, 0.05) is 15.7 Å². The summed E-state index contributed by atoms with van der Waals surface area (Å²) >= 11 is 6.81. The Morgan fingerprint density at radius 1 is 1.30 bits per heavy atom. The van der Waals surface area contributed by atoms with Gasteiger partial charge in [-0.2, -0.15) is 5.26 Å². The molecule has 2 rings (SSSR count). The number of halogens is 2. The first kappa shape index (κ1) is 21.2. The van der Waals surface area contributed by atoms with Crippen molar-refractivity contribution in [2.45, 2.75) is 18.9 Å². The van der Waals surface area contributed by atoms with Gasteiger partial charge in [0.05, 0.1) is 22.7 Å². The highest BCUT2D eigenvalue weighted by Crippen LogP contribution is 2.42. The fraction of sp³-hybridized carbons (Fsp3) is 0.263. The number of aliphatic hydroxyl groups is 1. The monoisotopic (exact) mass is 496 g/mol. The fourth-order valence-corrected chi connectivity index (χ4v) is 4.05. The molecule has 27 heavy (non-hydrogen) atoms. The van der Waals surface area contributed by atoms with Crippen molar-refractivity contribution in [1.82, 2.24) is 0 Å². The molecule has 0 aliphatic rings. The van der Waals surface area contributed by atoms with Gasteiger partial charge < -0.3 is 20.3 Å². The van der Waals surface area contributed by atoms with Crippen molar-refractivity contribution in [2.24, 2.45) is 0 Å². The van der Waals surface area contributed by atoms with E-state index in [4.69, 9.17) is 15.1 Å². The molecule has 0 saturated heterocycles. The van der Waals surface area contributed by atoms with Gasteiger partial charge in [0.25, 0.3) is 0 Å². The third-order valence-corrected chi connectivity index (χ3v) is 5.12. The lowest BCUT2D eigenvalue weighted by atomic mass is 9.86. The number of aliphatic hydroxyl groups excluding tert-OH is 1. The molecule has 0 spiro atoms. The number of carboxylic acid groups (broad SMARTS) is 1. The average Bonchev–Trinajstić information content (AvgIpc) is 2.65. The fourth-order valence-electron chi connectivity index (χ4n) is 2.71. The van der Waals surface area contributed by atoms with E-state index in [0.717, 1.165) is 0 Å². The number of carbonyl (C=O) groups is 1. The van der Waals surface area contributed by atoms with Crippen LogP contribution in [0.2, 0.25) is 0 Å². The van der Waals surface area contributed by atoms with E-state index in [9.17, 15) is 9.90 Å². The maximum atomic E-state index is 12.4. The second kappa shape index (κ2) is 9.22. The van der Waals surface area contributed by atoms with Crippen LogP contribution in [-0.2, 0) is 10.3 Å². The smallest absolute Gasteiger partial charge is 0.334 e. The summed E-state index contributed by atoms with van der Waals surface area (Å²) in [4.78, 5) is 12.4. The summed E-state index contributed by atoms with van der Waals surface area (Å²) in [5.74, 6) is -0.731. The molecule has 0 saturated carbocycles. The van der Waals surface area contributed by atoms with Crippen LogP contribution < -0.4 is 10.1 Å². The van der Waals surface area contributed by atoms with Crippen molar-refractivity contribution >= 4 is 43.5 Å². The van der Waals surface area contributed by atoms with Gasteiger partial charge in [-0.15, -0.1) is 0 Å². The Balaban J connectivity index is 2.61. The number of nitrogens with zero attached hydrogens (tertiary/aromatic N) is 1. The molecule has 142 valence electrons. The van der Waals surface area contributed by atoms with Crippen LogP contribution in [0.25, 0.3) is 0 Å². The molecular formula is C19H18Br2N2O4. The number of nitriles is 1. The molecule has 0 aliphatic heterocycles. The first-order valence-electron chi connectivity index (χ1n) is 8.13. The maximum absolute atomic E-state index is 12.4. The van der Waals surface area contributed by atoms with Crippen molar-refractivity contribution in [2.75, 3.05) is 18.5 Å². The summed E-state index contributed by atoms with van der Waals surface area (Å²) in [7, 11) is 0. The van der Waals surface area contributed by atoms with Gasteiger partial charge in [-0.05, 0) is 58.7 Å². The molecule has 6 nitrogen and oxygen atoms in total. The SMILES string of the molecule is CCC(Nc1ccc(C#N)cc1)(C(=O)O)c1cc(Br)cc(Br)c1OCCO. The minimum atomic E-state index is -1.48. The molecule has 0 heterocycles. The van der Waals surface area contributed by atoms with Crippen molar-refractivity contribution in [3.05, 3.63) is 56.5 Å². The first-order valence-corrected chi connectivity index (χ1v) is 9.71. The summed E-state index contributed by atoms with van der Waals surface area (Å²) in [5, 5.41) is 31.3. The van der Waals surface area contributed by atoms with E-state index < -0.39 is 11.5 Å². The van der Waals surface area contributed by atoms with Crippen LogP contribution in [-0.4, -0.2) is 29.4 Å². The third-order valence-electron chi connectivity index (χ3n) is 4.07. The van der Waals surface area contributed by atoms with E-state index in [2.05, 4.69) is 37.2 Å². The third kappa shape index (κ3) is 4.61. The number of anilines is 1. The van der Waals surface area contributed by atoms with Gasteiger partial charge in [-0.3, -0.25) is 0 Å². The van der Waals surface area contributed by atoms with E-state index in [-0.39, 0.29) is 19.6 Å². The number of benzene rings is 2. The van der Waals surface area contributed by atoms with Crippen molar-refractivity contribution in [3.8, 4) is 11.8 Å². The lowest BCUT2D eigenvalue weighted by molar-refractivity contribution is -0.142. The van der Waals surface area contributed by atoms with Crippen LogP contribution in [0.5, 0.6) is 5.75 Å². The maximum Gasteiger partial charge on any atom is 0.334 e. The van der Waals surface area contributed by atoms with Crippen molar-refractivity contribution < 1.29 is 19.7 Å². The second-order valence-corrected chi connectivity index (χ2v) is 7.48. The van der Waals surface area contributed by atoms with Gasteiger partial charge in [0.15, 0.2) is 5.54 Å². The highest BCUT2D eigenvalue weighted by atomic mass is 79.9. The molecular weight excluding hydrogens is 480 g/mol. The Kier molecular flexibility index (Phi) is 7.25. The molecule has 2 aromatic carbocycles. The topological polar surface area (TPSA) is 103 Å². The Labute approximate surface area is 174 Å². The molecule has 0 aliphatic carbocycles. The summed E-state index contributed by atoms with van der Waals surface area (Å²) in [6.07, 6.45) is 0.223. The molecule has 3 N–H and O–H groups in total.